The van der Waals surface area contributed by atoms with Gasteiger partial charge in [0.2, 0.25) is 0 Å². The first-order valence-electron chi connectivity index (χ1n) is 5.81. The number of hydrogen-bond acceptors (Lipinski definition) is 4. The van der Waals surface area contributed by atoms with Crippen molar-refractivity contribution >= 4 is 17.6 Å². The van der Waals surface area contributed by atoms with Gasteiger partial charge in [0, 0.05) is 11.1 Å². The zero-order valence-electron chi connectivity index (χ0n) is 11.1. The molecule has 0 atom stereocenters. The molecule has 1 aromatic rings. The maximum Gasteiger partial charge on any atom is 0.339 e. The molecule has 19 heavy (non-hydrogen) atoms. The number of methoxy groups -OCH3 is 1. The third kappa shape index (κ3) is 4.61. The first kappa shape index (κ1) is 15.6. The fraction of sp³-hybridized carbons (Fsp3) is 0.462. The van der Waals surface area contributed by atoms with Gasteiger partial charge in [0.1, 0.15) is 12.2 Å². The second-order valence-corrected chi connectivity index (χ2v) is 4.49. The largest absolute Gasteiger partial charge is 0.493 e. The van der Waals surface area contributed by atoms with E-state index < -0.39 is 5.97 Å². The molecule has 0 aromatic heterocycles. The van der Waals surface area contributed by atoms with E-state index >= 15 is 0 Å². The zero-order valence-corrected chi connectivity index (χ0v) is 11.9. The lowest BCUT2D eigenvalue weighted by Gasteiger charge is -2.14. The van der Waals surface area contributed by atoms with Crippen molar-refractivity contribution in [2.24, 2.45) is 0 Å². The van der Waals surface area contributed by atoms with Crippen LogP contribution in [0.1, 0.15) is 24.2 Å². The van der Waals surface area contributed by atoms with Crippen molar-refractivity contribution in [1.82, 2.24) is 0 Å². The predicted molar refractivity (Wildman–Crippen MR) is 71.5 cm³/mol. The van der Waals surface area contributed by atoms with Gasteiger partial charge in [0.15, 0.2) is 11.5 Å². The molecule has 0 fully saturated rings. The van der Waals surface area contributed by atoms with Gasteiger partial charge < -0.3 is 19.3 Å². The van der Waals surface area contributed by atoms with Gasteiger partial charge in [-0.25, -0.2) is 4.79 Å². The monoisotopic (exact) mass is 288 g/mol. The van der Waals surface area contributed by atoms with Gasteiger partial charge in [0.25, 0.3) is 0 Å². The number of carboxylic acids is 1. The van der Waals surface area contributed by atoms with Crippen LogP contribution in [0.15, 0.2) is 12.1 Å². The number of aromatic carboxylic acids is 1. The first-order valence-corrected chi connectivity index (χ1v) is 6.18. The van der Waals surface area contributed by atoms with Gasteiger partial charge in [-0.3, -0.25) is 0 Å². The Morgan fingerprint density at radius 3 is 2.58 bits per heavy atom. The maximum atomic E-state index is 11.2. The summed E-state index contributed by atoms with van der Waals surface area (Å²) in [6.07, 6.45) is 0.0923. The van der Waals surface area contributed by atoms with Crippen molar-refractivity contribution in [3.63, 3.8) is 0 Å². The quantitative estimate of drug-likeness (QED) is 0.782. The molecule has 0 aliphatic carbocycles. The van der Waals surface area contributed by atoms with E-state index in [1.807, 2.05) is 13.8 Å². The maximum absolute atomic E-state index is 11.2. The number of hydrogen-bond donors (Lipinski definition) is 1. The Bertz CT molecular complexity index is 445. The highest BCUT2D eigenvalue weighted by Gasteiger charge is 2.18. The number of carboxylic acid groups (broad SMARTS) is 1. The van der Waals surface area contributed by atoms with Crippen molar-refractivity contribution < 1.29 is 24.1 Å². The van der Waals surface area contributed by atoms with Crippen molar-refractivity contribution in [1.29, 1.82) is 0 Å². The molecular formula is C13H17ClO5. The molecule has 0 unspecified atom stereocenters. The number of ether oxygens (including phenoxy) is 3. The lowest BCUT2D eigenvalue weighted by molar-refractivity contribution is 0.0532. The fourth-order valence-corrected chi connectivity index (χ4v) is 1.66. The van der Waals surface area contributed by atoms with E-state index in [1.54, 1.807) is 0 Å². The second kappa shape index (κ2) is 7.21. The van der Waals surface area contributed by atoms with E-state index in [4.69, 9.17) is 30.9 Å². The molecule has 1 rings (SSSR count). The standard InChI is InChI=1S/C13H17ClO5/c1-8(2)18-4-5-19-12-10(13(15)16)6-9(14)7-11(12)17-3/h6-8H,4-5H2,1-3H3,(H,15,16). The lowest BCUT2D eigenvalue weighted by atomic mass is 10.2. The summed E-state index contributed by atoms with van der Waals surface area (Å²) in [7, 11) is 1.43. The molecule has 0 radical (unpaired) electrons. The number of rotatable bonds is 7. The Morgan fingerprint density at radius 1 is 1.37 bits per heavy atom. The molecule has 0 heterocycles. The molecule has 0 aliphatic heterocycles. The SMILES string of the molecule is COc1cc(Cl)cc(C(=O)O)c1OCCOC(C)C. The highest BCUT2D eigenvalue weighted by molar-refractivity contribution is 6.31. The van der Waals surface area contributed by atoms with Gasteiger partial charge in [0.05, 0.1) is 19.8 Å². The molecule has 5 nitrogen and oxygen atoms in total. The summed E-state index contributed by atoms with van der Waals surface area (Å²) in [5.41, 5.74) is -0.0334. The third-order valence-electron chi connectivity index (χ3n) is 2.25. The van der Waals surface area contributed by atoms with Crippen LogP contribution in [-0.2, 0) is 4.74 Å². The molecule has 0 spiro atoms. The van der Waals surface area contributed by atoms with Crippen LogP contribution in [0.4, 0.5) is 0 Å². The van der Waals surface area contributed by atoms with E-state index in [9.17, 15) is 4.79 Å². The summed E-state index contributed by atoms with van der Waals surface area (Å²) in [5.74, 6) is -0.679. The summed E-state index contributed by atoms with van der Waals surface area (Å²) in [5, 5.41) is 9.41. The molecule has 1 aromatic carbocycles. The summed E-state index contributed by atoms with van der Waals surface area (Å²) in [4.78, 5) is 11.2. The van der Waals surface area contributed by atoms with Crippen LogP contribution < -0.4 is 9.47 Å². The van der Waals surface area contributed by atoms with Crippen LogP contribution >= 0.6 is 11.6 Å². The minimum Gasteiger partial charge on any atom is -0.493 e. The fourth-order valence-electron chi connectivity index (χ4n) is 1.46. The Hall–Kier alpha value is -1.46. The lowest BCUT2D eigenvalue weighted by Crippen LogP contribution is -2.13. The van der Waals surface area contributed by atoms with Gasteiger partial charge >= 0.3 is 5.97 Å². The van der Waals surface area contributed by atoms with Crippen LogP contribution in [-0.4, -0.2) is 37.5 Å². The number of halogens is 1. The van der Waals surface area contributed by atoms with Gasteiger partial charge in [-0.05, 0) is 19.9 Å². The zero-order chi connectivity index (χ0) is 14.4. The molecule has 0 saturated carbocycles. The predicted octanol–water partition coefficient (Wildman–Crippen LogP) is 2.85. The third-order valence-corrected chi connectivity index (χ3v) is 2.47. The average Bonchev–Trinajstić information content (AvgIpc) is 2.34. The molecule has 106 valence electrons. The summed E-state index contributed by atoms with van der Waals surface area (Å²) < 4.78 is 15.8. The Morgan fingerprint density at radius 2 is 2.05 bits per heavy atom. The summed E-state index contributed by atoms with van der Waals surface area (Å²) >= 11 is 5.82. The van der Waals surface area contributed by atoms with Crippen LogP contribution in [0.2, 0.25) is 5.02 Å². The van der Waals surface area contributed by atoms with Crippen molar-refractivity contribution in [2.75, 3.05) is 20.3 Å². The second-order valence-electron chi connectivity index (χ2n) is 4.06. The minimum absolute atomic E-state index is 0.0334. The average molecular weight is 289 g/mol. The van der Waals surface area contributed by atoms with Crippen molar-refractivity contribution in [2.45, 2.75) is 20.0 Å². The topological polar surface area (TPSA) is 65.0 Å². The highest BCUT2D eigenvalue weighted by atomic mass is 35.5. The Balaban J connectivity index is 2.87. The van der Waals surface area contributed by atoms with E-state index in [2.05, 4.69) is 0 Å². The van der Waals surface area contributed by atoms with E-state index in [1.165, 1.54) is 19.2 Å². The summed E-state index contributed by atoms with van der Waals surface area (Å²) in [6, 6.07) is 2.83. The summed E-state index contributed by atoms with van der Waals surface area (Å²) in [6.45, 7) is 4.41. The minimum atomic E-state index is -1.12. The normalized spacial score (nSPS) is 10.6. The molecule has 0 bridgehead atoms. The van der Waals surface area contributed by atoms with Gasteiger partial charge in [-0.2, -0.15) is 0 Å². The van der Waals surface area contributed by atoms with E-state index in [-0.39, 0.29) is 34.8 Å². The molecule has 0 amide bonds. The molecule has 1 N–H and O–H groups in total. The number of carbonyl (C=O) groups is 1. The van der Waals surface area contributed by atoms with Crippen LogP contribution in [0.25, 0.3) is 0 Å². The molecule has 6 heteroatoms. The first-order chi connectivity index (χ1) is 8.95. The van der Waals surface area contributed by atoms with E-state index in [0.29, 0.717) is 6.61 Å². The van der Waals surface area contributed by atoms with Crippen LogP contribution in [0.5, 0.6) is 11.5 Å². The van der Waals surface area contributed by atoms with Gasteiger partial charge in [-0.1, -0.05) is 11.6 Å². The molecule has 0 saturated heterocycles. The molecule has 0 aliphatic rings. The van der Waals surface area contributed by atoms with Crippen LogP contribution in [0.3, 0.4) is 0 Å². The van der Waals surface area contributed by atoms with E-state index in [0.717, 1.165) is 0 Å². The highest BCUT2D eigenvalue weighted by Crippen LogP contribution is 2.34. The van der Waals surface area contributed by atoms with Crippen LogP contribution in [0, 0.1) is 0 Å². The Kier molecular flexibility index (Phi) is 5.92. The Labute approximate surface area is 117 Å². The smallest absolute Gasteiger partial charge is 0.339 e. The van der Waals surface area contributed by atoms with Crippen molar-refractivity contribution in [3.8, 4) is 11.5 Å². The van der Waals surface area contributed by atoms with Gasteiger partial charge in [-0.15, -0.1) is 0 Å². The molecular weight excluding hydrogens is 272 g/mol. The van der Waals surface area contributed by atoms with Crippen molar-refractivity contribution in [3.05, 3.63) is 22.7 Å². The number of benzene rings is 1.